The molecule has 0 aromatic heterocycles. The standard InChI is InChI=1S/C7H13O/c1-2-6-8-7-4-3-5-7/h2-6H2,1H3. The highest BCUT2D eigenvalue weighted by molar-refractivity contribution is 4.87. The lowest BCUT2D eigenvalue weighted by atomic mass is 9.96. The van der Waals surface area contributed by atoms with Crippen LogP contribution < -0.4 is 0 Å². The molecule has 1 aliphatic rings. The summed E-state index contributed by atoms with van der Waals surface area (Å²) in [6.45, 7) is 3.06. The Morgan fingerprint density at radius 3 is 2.62 bits per heavy atom. The van der Waals surface area contributed by atoms with Crippen molar-refractivity contribution in [1.29, 1.82) is 0 Å². The molecule has 1 fully saturated rings. The molecule has 1 radical (unpaired) electrons. The fraction of sp³-hybridized carbons (Fsp3) is 0.857. The average molecular weight is 113 g/mol. The van der Waals surface area contributed by atoms with Gasteiger partial charge in [0, 0.05) is 6.61 Å². The summed E-state index contributed by atoms with van der Waals surface area (Å²) >= 11 is 0. The van der Waals surface area contributed by atoms with E-state index in [4.69, 9.17) is 4.74 Å². The van der Waals surface area contributed by atoms with Gasteiger partial charge in [0.15, 0.2) is 0 Å². The van der Waals surface area contributed by atoms with Crippen molar-refractivity contribution in [2.24, 2.45) is 0 Å². The highest BCUT2D eigenvalue weighted by Gasteiger charge is 2.17. The summed E-state index contributed by atoms with van der Waals surface area (Å²) in [4.78, 5) is 0. The van der Waals surface area contributed by atoms with Crippen LogP contribution in [-0.4, -0.2) is 6.61 Å². The minimum absolute atomic E-state index is 0.926. The predicted molar refractivity (Wildman–Crippen MR) is 33.3 cm³/mol. The van der Waals surface area contributed by atoms with E-state index in [1.54, 1.807) is 0 Å². The number of rotatable bonds is 3. The third kappa shape index (κ3) is 1.48. The van der Waals surface area contributed by atoms with Gasteiger partial charge >= 0.3 is 0 Å². The lowest BCUT2D eigenvalue weighted by Gasteiger charge is -2.23. The van der Waals surface area contributed by atoms with Crippen molar-refractivity contribution in [3.05, 3.63) is 6.10 Å². The molecule has 0 bridgehead atoms. The van der Waals surface area contributed by atoms with Crippen LogP contribution in [0.1, 0.15) is 32.6 Å². The summed E-state index contributed by atoms with van der Waals surface area (Å²) in [5.74, 6) is 0. The number of hydrogen-bond acceptors (Lipinski definition) is 1. The molecule has 0 unspecified atom stereocenters. The Balaban J connectivity index is 1.86. The Morgan fingerprint density at radius 2 is 2.25 bits per heavy atom. The van der Waals surface area contributed by atoms with Gasteiger partial charge in [-0.2, -0.15) is 0 Å². The molecule has 0 N–H and O–H groups in total. The topological polar surface area (TPSA) is 9.23 Å². The zero-order valence-corrected chi connectivity index (χ0v) is 5.44. The third-order valence-corrected chi connectivity index (χ3v) is 1.42. The van der Waals surface area contributed by atoms with Gasteiger partial charge in [-0.3, -0.25) is 0 Å². The van der Waals surface area contributed by atoms with E-state index in [1.165, 1.54) is 25.4 Å². The Labute approximate surface area is 51.0 Å². The summed E-state index contributed by atoms with van der Waals surface area (Å²) in [6, 6.07) is 0. The maximum atomic E-state index is 5.34. The molecule has 1 saturated carbocycles. The number of ether oxygens (including phenoxy) is 1. The minimum Gasteiger partial charge on any atom is -0.372 e. The van der Waals surface area contributed by atoms with Crippen molar-refractivity contribution in [3.8, 4) is 0 Å². The van der Waals surface area contributed by atoms with Crippen LogP contribution in [0.5, 0.6) is 0 Å². The molecule has 1 aliphatic carbocycles. The van der Waals surface area contributed by atoms with Crippen LogP contribution in [0.25, 0.3) is 0 Å². The highest BCUT2D eigenvalue weighted by atomic mass is 16.5. The van der Waals surface area contributed by atoms with Gasteiger partial charge in [-0.15, -0.1) is 0 Å². The average Bonchev–Trinajstić information content (AvgIpc) is 1.63. The van der Waals surface area contributed by atoms with Gasteiger partial charge in [0.25, 0.3) is 0 Å². The van der Waals surface area contributed by atoms with Gasteiger partial charge < -0.3 is 4.74 Å². The molecular weight excluding hydrogens is 100 g/mol. The second-order valence-electron chi connectivity index (χ2n) is 2.24. The Bertz CT molecular complexity index is 57.4. The Hall–Kier alpha value is -0.0400. The zero-order valence-electron chi connectivity index (χ0n) is 5.44. The van der Waals surface area contributed by atoms with E-state index in [0.29, 0.717) is 0 Å². The quantitative estimate of drug-likeness (QED) is 0.544. The predicted octanol–water partition coefficient (Wildman–Crippen LogP) is 2.13. The molecule has 47 valence electrons. The van der Waals surface area contributed by atoms with Crippen molar-refractivity contribution in [2.45, 2.75) is 32.6 Å². The van der Waals surface area contributed by atoms with E-state index in [0.717, 1.165) is 13.0 Å². The van der Waals surface area contributed by atoms with Crippen LogP contribution in [0.3, 0.4) is 0 Å². The first kappa shape index (κ1) is 6.09. The van der Waals surface area contributed by atoms with Crippen LogP contribution in [0.2, 0.25) is 0 Å². The van der Waals surface area contributed by atoms with Crippen LogP contribution in [0.4, 0.5) is 0 Å². The highest BCUT2D eigenvalue weighted by Crippen LogP contribution is 2.29. The van der Waals surface area contributed by atoms with Crippen LogP contribution in [0.15, 0.2) is 0 Å². The van der Waals surface area contributed by atoms with Gasteiger partial charge in [0.05, 0.1) is 6.10 Å². The second kappa shape index (κ2) is 3.08. The Kier molecular flexibility index (Phi) is 2.34. The third-order valence-electron chi connectivity index (χ3n) is 1.42. The summed E-state index contributed by atoms with van der Waals surface area (Å²) in [7, 11) is 0. The van der Waals surface area contributed by atoms with Crippen LogP contribution in [-0.2, 0) is 4.74 Å². The van der Waals surface area contributed by atoms with E-state index < -0.39 is 0 Å². The van der Waals surface area contributed by atoms with Gasteiger partial charge in [-0.1, -0.05) is 6.92 Å². The van der Waals surface area contributed by atoms with Crippen molar-refractivity contribution in [3.63, 3.8) is 0 Å². The van der Waals surface area contributed by atoms with Crippen molar-refractivity contribution < 1.29 is 4.74 Å². The van der Waals surface area contributed by atoms with Crippen molar-refractivity contribution >= 4 is 0 Å². The Morgan fingerprint density at radius 1 is 1.50 bits per heavy atom. The minimum atomic E-state index is 0.926. The summed E-state index contributed by atoms with van der Waals surface area (Å²) in [5, 5.41) is 0. The zero-order chi connectivity index (χ0) is 5.82. The second-order valence-corrected chi connectivity index (χ2v) is 2.24. The first-order valence-corrected chi connectivity index (χ1v) is 3.41. The molecule has 0 atom stereocenters. The first-order chi connectivity index (χ1) is 3.93. The SMILES string of the molecule is CCCO[C]1CCC1. The smallest absolute Gasteiger partial charge is 0.0970 e. The summed E-state index contributed by atoms with van der Waals surface area (Å²) < 4.78 is 5.34. The maximum Gasteiger partial charge on any atom is 0.0970 e. The molecule has 0 heterocycles. The molecule has 1 heteroatoms. The lowest BCUT2D eigenvalue weighted by molar-refractivity contribution is 0.0929. The molecule has 0 saturated heterocycles. The maximum absolute atomic E-state index is 5.34. The lowest BCUT2D eigenvalue weighted by Crippen LogP contribution is -2.12. The molecule has 1 nitrogen and oxygen atoms in total. The molecule has 1 rings (SSSR count). The van der Waals surface area contributed by atoms with E-state index >= 15 is 0 Å². The largest absolute Gasteiger partial charge is 0.372 e. The van der Waals surface area contributed by atoms with E-state index in [9.17, 15) is 0 Å². The van der Waals surface area contributed by atoms with E-state index in [2.05, 4.69) is 6.92 Å². The monoisotopic (exact) mass is 113 g/mol. The van der Waals surface area contributed by atoms with Crippen LogP contribution >= 0.6 is 0 Å². The molecule has 0 aromatic rings. The van der Waals surface area contributed by atoms with Crippen molar-refractivity contribution in [2.75, 3.05) is 6.61 Å². The fourth-order valence-electron chi connectivity index (χ4n) is 0.712. The van der Waals surface area contributed by atoms with Gasteiger partial charge in [-0.25, -0.2) is 0 Å². The molecule has 0 amide bonds. The first-order valence-electron chi connectivity index (χ1n) is 3.41. The van der Waals surface area contributed by atoms with Gasteiger partial charge in [0.2, 0.25) is 0 Å². The normalized spacial score (nSPS) is 20.6. The van der Waals surface area contributed by atoms with E-state index in [1.807, 2.05) is 0 Å². The van der Waals surface area contributed by atoms with Crippen LogP contribution in [0, 0.1) is 6.10 Å². The molecule has 0 aliphatic heterocycles. The van der Waals surface area contributed by atoms with Gasteiger partial charge in [0.1, 0.15) is 0 Å². The molecular formula is C7H13O. The summed E-state index contributed by atoms with van der Waals surface area (Å²) in [6.07, 6.45) is 6.26. The molecule has 0 spiro atoms. The van der Waals surface area contributed by atoms with Crippen molar-refractivity contribution in [1.82, 2.24) is 0 Å². The molecule has 8 heavy (non-hydrogen) atoms. The van der Waals surface area contributed by atoms with Gasteiger partial charge in [-0.05, 0) is 25.7 Å². The fourth-order valence-corrected chi connectivity index (χ4v) is 0.712. The molecule has 0 aromatic carbocycles. The van der Waals surface area contributed by atoms with E-state index in [-0.39, 0.29) is 0 Å². The number of hydrogen-bond donors (Lipinski definition) is 0. The summed E-state index contributed by atoms with van der Waals surface area (Å²) in [5.41, 5.74) is 0.